The Balaban J connectivity index is 1.58. The van der Waals surface area contributed by atoms with E-state index < -0.39 is 5.97 Å². The van der Waals surface area contributed by atoms with Gasteiger partial charge in [-0.05, 0) is 49.3 Å². The molecule has 0 unspecified atom stereocenters. The monoisotopic (exact) mass is 289 g/mol. The average Bonchev–Trinajstić information content (AvgIpc) is 2.95. The molecule has 21 heavy (non-hydrogen) atoms. The Morgan fingerprint density at radius 1 is 1.24 bits per heavy atom. The van der Waals surface area contributed by atoms with Crippen molar-refractivity contribution in [2.24, 2.45) is 5.92 Å². The van der Waals surface area contributed by atoms with Crippen molar-refractivity contribution in [3.63, 3.8) is 0 Å². The number of carbonyl (C=O) groups is 2. The molecule has 0 spiro atoms. The lowest BCUT2D eigenvalue weighted by Crippen LogP contribution is -2.42. The van der Waals surface area contributed by atoms with Crippen LogP contribution in [0.2, 0.25) is 0 Å². The molecule has 2 heterocycles. The van der Waals surface area contributed by atoms with Crippen LogP contribution >= 0.6 is 0 Å². The molecule has 0 saturated carbocycles. The molecule has 1 aromatic rings. The molecule has 0 bridgehead atoms. The molecule has 1 aromatic heterocycles. The zero-order chi connectivity index (χ0) is 14.8. The van der Waals surface area contributed by atoms with Gasteiger partial charge in [0.2, 0.25) is 0 Å². The predicted molar refractivity (Wildman–Crippen MR) is 77.2 cm³/mol. The van der Waals surface area contributed by atoms with Gasteiger partial charge in [-0.2, -0.15) is 0 Å². The molecule has 2 amide bonds. The number of anilines is 1. The van der Waals surface area contributed by atoms with E-state index in [1.165, 1.54) is 11.1 Å². The summed E-state index contributed by atoms with van der Waals surface area (Å²) < 4.78 is 0. The molecule has 1 fully saturated rings. The molecule has 1 aliphatic carbocycles. The zero-order valence-corrected chi connectivity index (χ0v) is 11.8. The van der Waals surface area contributed by atoms with E-state index in [2.05, 4.69) is 10.3 Å². The minimum absolute atomic E-state index is 0.190. The fraction of sp³-hybridized carbons (Fsp3) is 0.533. The molecule has 1 aliphatic heterocycles. The van der Waals surface area contributed by atoms with Gasteiger partial charge in [-0.3, -0.25) is 10.1 Å². The summed E-state index contributed by atoms with van der Waals surface area (Å²) in [5, 5.41) is 11.8. The summed E-state index contributed by atoms with van der Waals surface area (Å²) in [4.78, 5) is 29.0. The number of hydrogen-bond donors (Lipinski definition) is 2. The number of rotatable bonds is 2. The van der Waals surface area contributed by atoms with Gasteiger partial charge in [0.05, 0.1) is 5.92 Å². The number of carboxylic acids is 1. The van der Waals surface area contributed by atoms with Gasteiger partial charge in [-0.25, -0.2) is 9.78 Å². The van der Waals surface area contributed by atoms with Crippen LogP contribution in [0.3, 0.4) is 0 Å². The first kappa shape index (κ1) is 13.9. The summed E-state index contributed by atoms with van der Waals surface area (Å²) in [6.07, 6.45) is 6.14. The van der Waals surface area contributed by atoms with Gasteiger partial charge < -0.3 is 10.0 Å². The first-order chi connectivity index (χ1) is 10.1. The Bertz CT molecular complexity index is 565. The van der Waals surface area contributed by atoms with Crippen molar-refractivity contribution in [1.29, 1.82) is 0 Å². The lowest BCUT2D eigenvalue weighted by molar-refractivity contribution is -0.143. The molecule has 2 aliphatic rings. The van der Waals surface area contributed by atoms with Gasteiger partial charge >= 0.3 is 12.0 Å². The summed E-state index contributed by atoms with van der Waals surface area (Å²) in [6, 6.07) is 1.76. The largest absolute Gasteiger partial charge is 0.481 e. The number of hydrogen-bond acceptors (Lipinski definition) is 3. The van der Waals surface area contributed by atoms with Gasteiger partial charge in [0.15, 0.2) is 0 Å². The summed E-state index contributed by atoms with van der Waals surface area (Å²) in [5.74, 6) is -0.511. The van der Waals surface area contributed by atoms with Gasteiger partial charge in [0.1, 0.15) is 5.82 Å². The molecule has 0 aromatic carbocycles. The summed E-state index contributed by atoms with van der Waals surface area (Å²) in [5.41, 5.74) is 2.54. The third-order valence-corrected chi connectivity index (χ3v) is 4.34. The average molecular weight is 289 g/mol. The number of nitrogens with zero attached hydrogens (tertiary/aromatic N) is 2. The van der Waals surface area contributed by atoms with Crippen LogP contribution in [0.1, 0.15) is 30.4 Å². The number of aliphatic carboxylic acids is 1. The van der Waals surface area contributed by atoms with Crippen molar-refractivity contribution in [2.45, 2.75) is 32.1 Å². The maximum absolute atomic E-state index is 12.2. The summed E-state index contributed by atoms with van der Waals surface area (Å²) in [7, 11) is 0. The molecule has 6 heteroatoms. The van der Waals surface area contributed by atoms with Crippen LogP contribution in [0.4, 0.5) is 10.6 Å². The number of likely N-dealkylation sites (tertiary alicyclic amines) is 1. The molecular formula is C15H19N3O3. The number of aromatic nitrogens is 1. The summed E-state index contributed by atoms with van der Waals surface area (Å²) >= 11 is 0. The minimum atomic E-state index is -0.768. The smallest absolute Gasteiger partial charge is 0.323 e. The van der Waals surface area contributed by atoms with Crippen LogP contribution in [0.25, 0.3) is 0 Å². The van der Waals surface area contributed by atoms with E-state index in [0.717, 1.165) is 19.3 Å². The number of piperidine rings is 1. The van der Waals surface area contributed by atoms with Crippen LogP contribution in [0.5, 0.6) is 0 Å². The van der Waals surface area contributed by atoms with Crippen molar-refractivity contribution in [2.75, 3.05) is 18.4 Å². The van der Waals surface area contributed by atoms with E-state index in [1.807, 2.05) is 12.3 Å². The molecule has 0 atom stereocenters. The number of carbonyl (C=O) groups excluding carboxylic acids is 1. The predicted octanol–water partition coefficient (Wildman–Crippen LogP) is 1.90. The molecule has 6 nitrogen and oxygen atoms in total. The number of nitrogens with one attached hydrogen (secondary N) is 1. The fourth-order valence-electron chi connectivity index (χ4n) is 3.04. The second-order valence-corrected chi connectivity index (χ2v) is 5.72. The Hall–Kier alpha value is -2.11. The quantitative estimate of drug-likeness (QED) is 0.871. The molecule has 0 radical (unpaired) electrons. The number of urea groups is 1. The maximum Gasteiger partial charge on any atom is 0.323 e. The van der Waals surface area contributed by atoms with E-state index >= 15 is 0 Å². The fourth-order valence-corrected chi connectivity index (χ4v) is 3.04. The topological polar surface area (TPSA) is 82.5 Å². The van der Waals surface area contributed by atoms with Crippen molar-refractivity contribution in [3.8, 4) is 0 Å². The Morgan fingerprint density at radius 3 is 2.67 bits per heavy atom. The third kappa shape index (κ3) is 2.99. The van der Waals surface area contributed by atoms with E-state index in [-0.39, 0.29) is 11.9 Å². The van der Waals surface area contributed by atoms with E-state index in [0.29, 0.717) is 31.7 Å². The number of carboxylic acid groups (broad SMARTS) is 1. The highest BCUT2D eigenvalue weighted by molar-refractivity contribution is 5.88. The van der Waals surface area contributed by atoms with Gasteiger partial charge in [-0.15, -0.1) is 0 Å². The van der Waals surface area contributed by atoms with Crippen LogP contribution in [0, 0.1) is 5.92 Å². The van der Waals surface area contributed by atoms with Gasteiger partial charge in [-0.1, -0.05) is 0 Å². The van der Waals surface area contributed by atoms with E-state index in [1.54, 1.807) is 4.90 Å². The third-order valence-electron chi connectivity index (χ3n) is 4.34. The molecule has 2 N–H and O–H groups in total. The Kier molecular flexibility index (Phi) is 3.77. The van der Waals surface area contributed by atoms with Crippen LogP contribution in [-0.2, 0) is 17.6 Å². The summed E-state index contributed by atoms with van der Waals surface area (Å²) in [6.45, 7) is 0.960. The zero-order valence-electron chi connectivity index (χ0n) is 11.8. The minimum Gasteiger partial charge on any atom is -0.481 e. The lowest BCUT2D eigenvalue weighted by Gasteiger charge is -2.30. The first-order valence-electron chi connectivity index (χ1n) is 7.40. The SMILES string of the molecule is O=C(O)C1CCN(C(=O)Nc2cc3c(cn2)CCC3)CC1. The van der Waals surface area contributed by atoms with Crippen molar-refractivity contribution in [3.05, 3.63) is 23.4 Å². The van der Waals surface area contributed by atoms with Gasteiger partial charge in [0.25, 0.3) is 0 Å². The van der Waals surface area contributed by atoms with Crippen LogP contribution < -0.4 is 5.32 Å². The van der Waals surface area contributed by atoms with Gasteiger partial charge in [0, 0.05) is 19.3 Å². The van der Waals surface area contributed by atoms with Crippen molar-refractivity contribution >= 4 is 17.8 Å². The second kappa shape index (κ2) is 5.71. The molecule has 112 valence electrons. The molecule has 3 rings (SSSR count). The normalized spacial score (nSPS) is 18.4. The molecule has 1 saturated heterocycles. The van der Waals surface area contributed by atoms with Crippen molar-refractivity contribution < 1.29 is 14.7 Å². The highest BCUT2D eigenvalue weighted by Gasteiger charge is 2.27. The van der Waals surface area contributed by atoms with E-state index in [4.69, 9.17) is 5.11 Å². The number of aryl methyl sites for hydroxylation is 2. The number of fused-ring (bicyclic) bond motifs is 1. The highest BCUT2D eigenvalue weighted by Crippen LogP contribution is 2.23. The van der Waals surface area contributed by atoms with E-state index in [9.17, 15) is 9.59 Å². The lowest BCUT2D eigenvalue weighted by atomic mass is 9.97. The Labute approximate surface area is 123 Å². The van der Waals surface area contributed by atoms with Crippen molar-refractivity contribution in [1.82, 2.24) is 9.88 Å². The second-order valence-electron chi connectivity index (χ2n) is 5.72. The standard InChI is InChI=1S/C15H19N3O3/c19-14(20)10-4-6-18(7-5-10)15(21)17-13-8-11-2-1-3-12(11)9-16-13/h8-10H,1-7H2,(H,19,20)(H,16,17,21). The number of pyridine rings is 1. The first-order valence-corrected chi connectivity index (χ1v) is 7.40. The highest BCUT2D eigenvalue weighted by atomic mass is 16.4. The van der Waals surface area contributed by atoms with Crippen LogP contribution in [0.15, 0.2) is 12.3 Å². The maximum atomic E-state index is 12.2. The molecular weight excluding hydrogens is 270 g/mol. The van der Waals surface area contributed by atoms with Crippen LogP contribution in [-0.4, -0.2) is 40.1 Å². The number of amides is 2. The Morgan fingerprint density at radius 2 is 1.95 bits per heavy atom.